The second-order valence-electron chi connectivity index (χ2n) is 2.65. The van der Waals surface area contributed by atoms with Crippen LogP contribution >= 0.6 is 0 Å². The Kier molecular flexibility index (Phi) is 1.25. The smallest absolute Gasteiger partial charge is 0.136 e. The molecule has 2 heterocycles. The molecule has 0 fully saturated rings. The van der Waals surface area contributed by atoms with Crippen LogP contribution in [0.4, 0.5) is 0 Å². The summed E-state index contributed by atoms with van der Waals surface area (Å²) in [6.07, 6.45) is 3.58. The molecule has 0 atom stereocenters. The molecule has 0 aliphatic carbocycles. The minimum Gasteiger partial charge on any atom is -0.347 e. The van der Waals surface area contributed by atoms with E-state index in [1.54, 1.807) is 6.20 Å². The molecular formula is C8H7BN2. The summed E-state index contributed by atoms with van der Waals surface area (Å²) in [6.45, 7) is 2.00. The summed E-state index contributed by atoms with van der Waals surface area (Å²) in [5.74, 6) is 0. The van der Waals surface area contributed by atoms with Gasteiger partial charge < -0.3 is 4.98 Å². The molecule has 2 nitrogen and oxygen atoms in total. The Balaban J connectivity index is 2.87. The molecule has 0 amide bonds. The first-order valence-corrected chi connectivity index (χ1v) is 3.46. The molecule has 0 bridgehead atoms. The van der Waals surface area contributed by atoms with Crippen molar-refractivity contribution in [1.29, 1.82) is 0 Å². The Hall–Kier alpha value is -1.25. The maximum Gasteiger partial charge on any atom is 0.136 e. The van der Waals surface area contributed by atoms with Crippen LogP contribution < -0.4 is 5.46 Å². The van der Waals surface area contributed by atoms with Crippen molar-refractivity contribution in [1.82, 2.24) is 9.97 Å². The van der Waals surface area contributed by atoms with Gasteiger partial charge in [-0.15, -0.1) is 0 Å². The SMILES string of the molecule is [B]c1c[nH]c2ncc(C)cc12. The zero-order valence-electron chi connectivity index (χ0n) is 6.26. The Morgan fingerprint density at radius 3 is 3.18 bits per heavy atom. The highest BCUT2D eigenvalue weighted by Gasteiger charge is 1.98. The number of aromatic nitrogens is 2. The second-order valence-corrected chi connectivity index (χ2v) is 2.65. The van der Waals surface area contributed by atoms with E-state index >= 15 is 0 Å². The molecule has 2 aromatic rings. The van der Waals surface area contributed by atoms with Crippen LogP contribution in [0.3, 0.4) is 0 Å². The van der Waals surface area contributed by atoms with Crippen molar-refractivity contribution in [3.8, 4) is 0 Å². The van der Waals surface area contributed by atoms with Crippen molar-refractivity contribution in [3.63, 3.8) is 0 Å². The third kappa shape index (κ3) is 0.927. The van der Waals surface area contributed by atoms with Crippen LogP contribution in [-0.2, 0) is 0 Å². The molecule has 0 aliphatic heterocycles. The largest absolute Gasteiger partial charge is 0.347 e. The van der Waals surface area contributed by atoms with Crippen LogP contribution in [-0.4, -0.2) is 17.8 Å². The summed E-state index contributed by atoms with van der Waals surface area (Å²) in [7, 11) is 5.67. The van der Waals surface area contributed by atoms with Gasteiger partial charge in [0.25, 0.3) is 0 Å². The van der Waals surface area contributed by atoms with Crippen LogP contribution in [0.25, 0.3) is 11.0 Å². The third-order valence-electron chi connectivity index (χ3n) is 1.70. The van der Waals surface area contributed by atoms with Crippen molar-refractivity contribution >= 4 is 24.3 Å². The van der Waals surface area contributed by atoms with Crippen LogP contribution in [0.2, 0.25) is 0 Å². The lowest BCUT2D eigenvalue weighted by molar-refractivity contribution is 1.29. The van der Waals surface area contributed by atoms with Gasteiger partial charge in [-0.1, -0.05) is 5.46 Å². The molecule has 2 aromatic heterocycles. The van der Waals surface area contributed by atoms with Crippen molar-refractivity contribution in [3.05, 3.63) is 24.0 Å². The maximum absolute atomic E-state index is 5.67. The highest BCUT2D eigenvalue weighted by molar-refractivity contribution is 6.38. The lowest BCUT2D eigenvalue weighted by Crippen LogP contribution is -1.97. The van der Waals surface area contributed by atoms with Crippen molar-refractivity contribution < 1.29 is 0 Å². The summed E-state index contributed by atoms with van der Waals surface area (Å²) < 4.78 is 0. The van der Waals surface area contributed by atoms with E-state index in [9.17, 15) is 0 Å². The van der Waals surface area contributed by atoms with Gasteiger partial charge in [-0.25, -0.2) is 4.98 Å². The molecule has 0 aliphatic rings. The number of aromatic amines is 1. The first kappa shape index (κ1) is 6.46. The monoisotopic (exact) mass is 142 g/mol. The lowest BCUT2D eigenvalue weighted by atomic mass is 9.96. The van der Waals surface area contributed by atoms with Gasteiger partial charge in [0.2, 0.25) is 0 Å². The Morgan fingerprint density at radius 1 is 1.55 bits per heavy atom. The molecule has 0 saturated heterocycles. The zero-order valence-corrected chi connectivity index (χ0v) is 6.26. The number of nitrogens with one attached hydrogen (secondary N) is 1. The summed E-state index contributed by atoms with van der Waals surface area (Å²) in [4.78, 5) is 7.14. The first-order valence-electron chi connectivity index (χ1n) is 3.46. The van der Waals surface area contributed by atoms with Gasteiger partial charge in [0.15, 0.2) is 0 Å². The van der Waals surface area contributed by atoms with Gasteiger partial charge in [-0.3, -0.25) is 0 Å². The fourth-order valence-electron chi connectivity index (χ4n) is 1.13. The van der Waals surface area contributed by atoms with E-state index in [1.165, 1.54) is 0 Å². The van der Waals surface area contributed by atoms with E-state index in [-0.39, 0.29) is 0 Å². The molecule has 2 radical (unpaired) electrons. The number of pyridine rings is 1. The average molecular weight is 142 g/mol. The maximum atomic E-state index is 5.67. The Labute approximate surface area is 66.1 Å². The number of H-pyrrole nitrogens is 1. The number of rotatable bonds is 0. The van der Waals surface area contributed by atoms with Crippen molar-refractivity contribution in [2.24, 2.45) is 0 Å². The molecule has 2 rings (SSSR count). The molecule has 11 heavy (non-hydrogen) atoms. The van der Waals surface area contributed by atoms with E-state index in [1.807, 2.05) is 19.2 Å². The molecule has 3 heteroatoms. The molecular weight excluding hydrogens is 135 g/mol. The summed E-state index contributed by atoms with van der Waals surface area (Å²) in [5.41, 5.74) is 2.74. The number of hydrogen-bond acceptors (Lipinski definition) is 1. The highest BCUT2D eigenvalue weighted by Crippen LogP contribution is 2.07. The lowest BCUT2D eigenvalue weighted by Gasteiger charge is -1.92. The van der Waals surface area contributed by atoms with Crippen LogP contribution in [0.1, 0.15) is 5.56 Å². The first-order chi connectivity index (χ1) is 5.27. The third-order valence-corrected chi connectivity index (χ3v) is 1.70. The normalized spacial score (nSPS) is 10.6. The minimum absolute atomic E-state index is 0.760. The van der Waals surface area contributed by atoms with E-state index < -0.39 is 0 Å². The predicted octanol–water partition coefficient (Wildman–Crippen LogP) is 0.665. The van der Waals surface area contributed by atoms with Crippen LogP contribution in [0.15, 0.2) is 18.5 Å². The number of fused-ring (bicyclic) bond motifs is 1. The fourth-order valence-corrected chi connectivity index (χ4v) is 1.13. The summed E-state index contributed by atoms with van der Waals surface area (Å²) >= 11 is 0. The molecule has 1 N–H and O–H groups in total. The predicted molar refractivity (Wildman–Crippen MR) is 46.2 cm³/mol. The number of nitrogens with zero attached hydrogens (tertiary/aromatic N) is 1. The average Bonchev–Trinajstić information content (AvgIpc) is 2.33. The molecule has 0 saturated carbocycles. The molecule has 0 unspecified atom stereocenters. The summed E-state index contributed by atoms with van der Waals surface area (Å²) in [5, 5.41) is 1.00. The topological polar surface area (TPSA) is 28.7 Å². The van der Waals surface area contributed by atoms with Gasteiger partial charge >= 0.3 is 0 Å². The van der Waals surface area contributed by atoms with Gasteiger partial charge in [0.1, 0.15) is 13.5 Å². The van der Waals surface area contributed by atoms with E-state index in [4.69, 9.17) is 7.85 Å². The second kappa shape index (κ2) is 2.12. The highest BCUT2D eigenvalue weighted by atomic mass is 14.8. The fraction of sp³-hybridized carbons (Fsp3) is 0.125. The standard InChI is InChI=1S/C8H7BN2/c1-5-2-6-7(9)4-11-8(6)10-3-5/h2-4H,1H3,(H,10,11). The Morgan fingerprint density at radius 2 is 2.36 bits per heavy atom. The van der Waals surface area contributed by atoms with Crippen LogP contribution in [0.5, 0.6) is 0 Å². The van der Waals surface area contributed by atoms with E-state index in [0.29, 0.717) is 0 Å². The minimum atomic E-state index is 0.760. The van der Waals surface area contributed by atoms with Gasteiger partial charge in [0.05, 0.1) is 0 Å². The zero-order chi connectivity index (χ0) is 7.84. The quantitative estimate of drug-likeness (QED) is 0.538. The molecule has 0 aromatic carbocycles. The van der Waals surface area contributed by atoms with Gasteiger partial charge in [-0.05, 0) is 24.8 Å². The molecule has 52 valence electrons. The number of aryl methyl sites for hydroxylation is 1. The Bertz CT molecular complexity index is 392. The summed E-state index contributed by atoms with van der Waals surface area (Å²) in [6, 6.07) is 2.02. The van der Waals surface area contributed by atoms with Crippen molar-refractivity contribution in [2.75, 3.05) is 0 Å². The van der Waals surface area contributed by atoms with Gasteiger partial charge in [-0.2, -0.15) is 0 Å². The van der Waals surface area contributed by atoms with E-state index in [2.05, 4.69) is 9.97 Å². The van der Waals surface area contributed by atoms with E-state index in [0.717, 1.165) is 22.1 Å². The van der Waals surface area contributed by atoms with Crippen LogP contribution in [0, 0.1) is 6.92 Å². The number of hydrogen-bond donors (Lipinski definition) is 1. The van der Waals surface area contributed by atoms with Crippen molar-refractivity contribution in [2.45, 2.75) is 6.92 Å². The van der Waals surface area contributed by atoms with Gasteiger partial charge in [0, 0.05) is 11.6 Å². The molecule has 0 spiro atoms.